The fraction of sp³-hybridized carbons (Fsp3) is 0.417. The summed E-state index contributed by atoms with van der Waals surface area (Å²) < 4.78 is 18.3. The van der Waals surface area contributed by atoms with Crippen molar-refractivity contribution in [2.45, 2.75) is 19.4 Å². The minimum atomic E-state index is -0.446. The van der Waals surface area contributed by atoms with Crippen LogP contribution in [0, 0.1) is 5.82 Å². The number of ether oxygens (including phenoxy) is 1. The van der Waals surface area contributed by atoms with Crippen LogP contribution in [0.4, 0.5) is 4.39 Å². The molecule has 0 fully saturated rings. The van der Waals surface area contributed by atoms with Crippen LogP contribution < -0.4 is 10.1 Å². The van der Waals surface area contributed by atoms with Crippen molar-refractivity contribution >= 4 is 5.91 Å². The molecular formula is C12H16FNO3. The number of hydrogen-bond acceptors (Lipinski definition) is 3. The van der Waals surface area contributed by atoms with Crippen molar-refractivity contribution in [2.24, 2.45) is 0 Å². The van der Waals surface area contributed by atoms with Gasteiger partial charge >= 0.3 is 0 Å². The molecule has 0 atom stereocenters. The Kier molecular flexibility index (Phi) is 5.42. The molecule has 94 valence electrons. The minimum Gasteiger partial charge on any atom is -0.493 e. The molecule has 0 saturated heterocycles. The molecule has 0 unspecified atom stereocenters. The van der Waals surface area contributed by atoms with Crippen molar-refractivity contribution in [2.75, 3.05) is 13.7 Å². The molecule has 0 aliphatic carbocycles. The van der Waals surface area contributed by atoms with Gasteiger partial charge in [-0.3, -0.25) is 4.79 Å². The molecule has 5 heteroatoms. The normalized spacial score (nSPS) is 10.1. The molecule has 0 bridgehead atoms. The van der Waals surface area contributed by atoms with Gasteiger partial charge in [-0.2, -0.15) is 0 Å². The number of hydrogen-bond donors (Lipinski definition) is 2. The number of carbonyl (C=O) groups is 1. The maximum absolute atomic E-state index is 13.1. The largest absolute Gasteiger partial charge is 0.493 e. The highest BCUT2D eigenvalue weighted by atomic mass is 19.1. The van der Waals surface area contributed by atoms with E-state index in [1.165, 1.54) is 12.1 Å². The highest BCUT2D eigenvalue weighted by Crippen LogP contribution is 2.16. The second-order valence-corrected chi connectivity index (χ2v) is 3.58. The van der Waals surface area contributed by atoms with Crippen LogP contribution >= 0.6 is 0 Å². The lowest BCUT2D eigenvalue weighted by Gasteiger charge is -2.07. The lowest BCUT2D eigenvalue weighted by molar-refractivity contribution is -0.120. The summed E-state index contributed by atoms with van der Waals surface area (Å²) >= 11 is 0. The maximum atomic E-state index is 13.1. The van der Waals surface area contributed by atoms with Crippen LogP contribution in [0.5, 0.6) is 5.75 Å². The standard InChI is InChI=1S/C12H16FNO3/c1-14-12(16)3-2-4-17-11-6-9(8-15)5-10(13)7-11/h5-7,15H,2-4,8H2,1H3,(H,14,16). The average Bonchev–Trinajstić information content (AvgIpc) is 2.33. The number of aliphatic hydroxyl groups is 1. The van der Waals surface area contributed by atoms with Crippen LogP contribution in [0.15, 0.2) is 18.2 Å². The van der Waals surface area contributed by atoms with Gasteiger partial charge in [0.1, 0.15) is 11.6 Å². The zero-order chi connectivity index (χ0) is 12.7. The third kappa shape index (κ3) is 4.82. The van der Waals surface area contributed by atoms with E-state index in [-0.39, 0.29) is 12.5 Å². The zero-order valence-electron chi connectivity index (χ0n) is 9.70. The molecule has 1 aromatic carbocycles. The van der Waals surface area contributed by atoms with E-state index >= 15 is 0 Å². The number of benzene rings is 1. The van der Waals surface area contributed by atoms with Gasteiger partial charge < -0.3 is 15.2 Å². The van der Waals surface area contributed by atoms with E-state index in [1.54, 1.807) is 13.1 Å². The summed E-state index contributed by atoms with van der Waals surface area (Å²) in [6, 6.07) is 4.07. The quantitative estimate of drug-likeness (QED) is 0.736. The molecule has 0 heterocycles. The predicted molar refractivity (Wildman–Crippen MR) is 61.1 cm³/mol. The highest BCUT2D eigenvalue weighted by Gasteiger charge is 2.02. The van der Waals surface area contributed by atoms with Gasteiger partial charge in [0.2, 0.25) is 5.91 Å². The van der Waals surface area contributed by atoms with Gasteiger partial charge in [-0.1, -0.05) is 0 Å². The summed E-state index contributed by atoms with van der Waals surface area (Å²) in [6.07, 6.45) is 0.934. The first kappa shape index (κ1) is 13.4. The Balaban J connectivity index is 2.41. The number of rotatable bonds is 6. The first-order valence-corrected chi connectivity index (χ1v) is 5.39. The molecule has 1 rings (SSSR count). The molecule has 1 amide bonds. The van der Waals surface area contributed by atoms with Crippen LogP contribution in [0.3, 0.4) is 0 Å². The second-order valence-electron chi connectivity index (χ2n) is 3.58. The number of halogens is 1. The Labute approximate surface area is 99.4 Å². The van der Waals surface area contributed by atoms with E-state index in [9.17, 15) is 9.18 Å². The predicted octanol–water partition coefficient (Wildman–Crippen LogP) is 1.22. The van der Waals surface area contributed by atoms with E-state index in [0.29, 0.717) is 30.8 Å². The average molecular weight is 241 g/mol. The van der Waals surface area contributed by atoms with Crippen LogP contribution in [0.25, 0.3) is 0 Å². The summed E-state index contributed by atoms with van der Waals surface area (Å²) in [6.45, 7) is 0.105. The second kappa shape index (κ2) is 6.85. The molecule has 0 saturated carbocycles. The van der Waals surface area contributed by atoms with E-state index in [0.717, 1.165) is 0 Å². The molecule has 0 aromatic heterocycles. The van der Waals surface area contributed by atoms with Crippen molar-refractivity contribution in [1.29, 1.82) is 0 Å². The Morgan fingerprint density at radius 3 is 2.88 bits per heavy atom. The van der Waals surface area contributed by atoms with Crippen molar-refractivity contribution in [1.82, 2.24) is 5.32 Å². The third-order valence-corrected chi connectivity index (χ3v) is 2.21. The molecule has 0 aliphatic rings. The molecule has 4 nitrogen and oxygen atoms in total. The summed E-state index contributed by atoms with van der Waals surface area (Å²) in [5.41, 5.74) is 0.464. The van der Waals surface area contributed by atoms with E-state index in [2.05, 4.69) is 5.32 Å². The van der Waals surface area contributed by atoms with Crippen LogP contribution in [-0.4, -0.2) is 24.7 Å². The van der Waals surface area contributed by atoms with E-state index in [1.807, 2.05) is 0 Å². The van der Waals surface area contributed by atoms with Crippen LogP contribution in [-0.2, 0) is 11.4 Å². The van der Waals surface area contributed by atoms with Gasteiger partial charge in [0.15, 0.2) is 0 Å². The highest BCUT2D eigenvalue weighted by molar-refractivity contribution is 5.75. The minimum absolute atomic E-state index is 0.0520. The molecule has 1 aromatic rings. The number of carbonyl (C=O) groups excluding carboxylic acids is 1. The van der Waals surface area contributed by atoms with Gasteiger partial charge in [0, 0.05) is 19.5 Å². The molecule has 0 radical (unpaired) electrons. The fourth-order valence-corrected chi connectivity index (χ4v) is 1.34. The number of amides is 1. The topological polar surface area (TPSA) is 58.6 Å². The van der Waals surface area contributed by atoms with Crippen LogP contribution in [0.1, 0.15) is 18.4 Å². The fourth-order valence-electron chi connectivity index (χ4n) is 1.34. The summed E-state index contributed by atoms with van der Waals surface area (Å²) in [4.78, 5) is 10.9. The molecule has 2 N–H and O–H groups in total. The Morgan fingerprint density at radius 1 is 1.47 bits per heavy atom. The number of nitrogens with one attached hydrogen (secondary N) is 1. The van der Waals surface area contributed by atoms with Gasteiger partial charge in [0.25, 0.3) is 0 Å². The first-order valence-electron chi connectivity index (χ1n) is 5.39. The monoisotopic (exact) mass is 241 g/mol. The lowest BCUT2D eigenvalue weighted by Crippen LogP contribution is -2.18. The maximum Gasteiger partial charge on any atom is 0.219 e. The van der Waals surface area contributed by atoms with Crippen molar-refractivity contribution in [3.8, 4) is 5.75 Å². The summed E-state index contributed by atoms with van der Waals surface area (Å²) in [5, 5.41) is 11.4. The number of aliphatic hydroxyl groups excluding tert-OH is 1. The Morgan fingerprint density at radius 2 is 2.24 bits per heavy atom. The van der Waals surface area contributed by atoms with Gasteiger partial charge in [-0.15, -0.1) is 0 Å². The van der Waals surface area contributed by atoms with Crippen LogP contribution in [0.2, 0.25) is 0 Å². The third-order valence-electron chi connectivity index (χ3n) is 2.21. The van der Waals surface area contributed by atoms with Crippen molar-refractivity contribution in [3.63, 3.8) is 0 Å². The smallest absolute Gasteiger partial charge is 0.219 e. The SMILES string of the molecule is CNC(=O)CCCOc1cc(F)cc(CO)c1. The van der Waals surface area contributed by atoms with Crippen molar-refractivity contribution in [3.05, 3.63) is 29.6 Å². The van der Waals surface area contributed by atoms with Gasteiger partial charge in [-0.05, 0) is 24.1 Å². The Hall–Kier alpha value is -1.62. The van der Waals surface area contributed by atoms with E-state index in [4.69, 9.17) is 9.84 Å². The molecular weight excluding hydrogens is 225 g/mol. The first-order chi connectivity index (χ1) is 8.15. The summed E-state index contributed by atoms with van der Waals surface area (Å²) in [5.74, 6) is -0.132. The Bertz CT molecular complexity index is 382. The lowest BCUT2D eigenvalue weighted by atomic mass is 10.2. The van der Waals surface area contributed by atoms with Gasteiger partial charge in [0.05, 0.1) is 13.2 Å². The summed E-state index contributed by atoms with van der Waals surface area (Å²) in [7, 11) is 1.57. The van der Waals surface area contributed by atoms with Gasteiger partial charge in [-0.25, -0.2) is 4.39 Å². The molecule has 0 aliphatic heterocycles. The molecule has 0 spiro atoms. The van der Waals surface area contributed by atoms with E-state index < -0.39 is 5.82 Å². The zero-order valence-corrected chi connectivity index (χ0v) is 9.70. The molecule has 17 heavy (non-hydrogen) atoms. The van der Waals surface area contributed by atoms with Crippen molar-refractivity contribution < 1.29 is 19.0 Å².